The Kier molecular flexibility index (Phi) is 3.92. The van der Waals surface area contributed by atoms with Gasteiger partial charge in [0.2, 0.25) is 0 Å². The van der Waals surface area contributed by atoms with Gasteiger partial charge in [-0.15, -0.1) is 11.8 Å². The van der Waals surface area contributed by atoms with Crippen LogP contribution < -0.4 is 5.32 Å². The third-order valence-corrected chi connectivity index (χ3v) is 5.92. The van der Waals surface area contributed by atoms with E-state index >= 15 is 0 Å². The van der Waals surface area contributed by atoms with Crippen molar-refractivity contribution in [1.29, 1.82) is 0 Å². The van der Waals surface area contributed by atoms with Gasteiger partial charge in [-0.2, -0.15) is 0 Å². The fraction of sp³-hybridized carbons (Fsp3) is 0.462. The number of nitrogens with one attached hydrogen (secondary N) is 1. The number of benzene rings is 1. The van der Waals surface area contributed by atoms with Crippen molar-refractivity contribution >= 4 is 27.5 Å². The van der Waals surface area contributed by atoms with Gasteiger partial charge in [0.1, 0.15) is 0 Å². The van der Waals surface area contributed by atoms with Gasteiger partial charge in [-0.1, -0.05) is 0 Å². The smallest absolute Gasteiger partial charge is 0.251 e. The predicted octanol–water partition coefficient (Wildman–Crippen LogP) is 1.72. The molecule has 1 fully saturated rings. The molecule has 4 nitrogen and oxygen atoms in total. The van der Waals surface area contributed by atoms with Gasteiger partial charge in [0.05, 0.1) is 17.0 Å². The lowest BCUT2D eigenvalue weighted by atomic mass is 10.0. The van der Waals surface area contributed by atoms with Crippen LogP contribution in [0.4, 0.5) is 0 Å². The van der Waals surface area contributed by atoms with Crippen molar-refractivity contribution in [2.75, 3.05) is 17.8 Å². The van der Waals surface area contributed by atoms with Crippen LogP contribution >= 0.6 is 11.8 Å². The molecule has 1 aliphatic heterocycles. The number of carbonyl (C=O) groups excluding carboxylic acids is 1. The first-order valence-corrected chi connectivity index (χ1v) is 9.05. The van der Waals surface area contributed by atoms with Crippen LogP contribution in [0.15, 0.2) is 29.2 Å². The highest BCUT2D eigenvalue weighted by atomic mass is 32.2. The predicted molar refractivity (Wildman–Crippen MR) is 77.4 cm³/mol. The van der Waals surface area contributed by atoms with Gasteiger partial charge < -0.3 is 5.32 Å². The van der Waals surface area contributed by atoms with E-state index < -0.39 is 15.4 Å². The molecule has 1 aromatic rings. The molecule has 0 aromatic heterocycles. The second-order valence-corrected chi connectivity index (χ2v) is 8.15. The highest BCUT2D eigenvalue weighted by Crippen LogP contribution is 2.23. The van der Waals surface area contributed by atoms with Gasteiger partial charge in [-0.25, -0.2) is 8.42 Å². The van der Waals surface area contributed by atoms with Crippen molar-refractivity contribution < 1.29 is 13.2 Å². The summed E-state index contributed by atoms with van der Waals surface area (Å²) in [4.78, 5) is 13.2. The quantitative estimate of drug-likeness (QED) is 0.863. The summed E-state index contributed by atoms with van der Waals surface area (Å²) in [6, 6.07) is 7.28. The molecule has 19 heavy (non-hydrogen) atoms. The molecule has 6 heteroatoms. The minimum absolute atomic E-state index is 0.0225. The minimum atomic E-state index is -3.01. The Bertz CT molecular complexity index is 580. The van der Waals surface area contributed by atoms with Crippen LogP contribution in [-0.4, -0.2) is 37.6 Å². The van der Waals surface area contributed by atoms with Crippen molar-refractivity contribution in [2.24, 2.45) is 0 Å². The Morgan fingerprint density at radius 1 is 1.32 bits per heavy atom. The fourth-order valence-corrected chi connectivity index (χ4v) is 4.70. The lowest BCUT2D eigenvalue weighted by Crippen LogP contribution is -2.46. The van der Waals surface area contributed by atoms with Crippen LogP contribution in [0.5, 0.6) is 0 Å². The zero-order valence-electron chi connectivity index (χ0n) is 11.0. The van der Waals surface area contributed by atoms with Crippen LogP contribution in [-0.2, 0) is 9.84 Å². The zero-order valence-corrected chi connectivity index (χ0v) is 12.6. The molecule has 1 amide bonds. The number of carbonyl (C=O) groups is 1. The molecule has 1 aliphatic rings. The van der Waals surface area contributed by atoms with E-state index in [9.17, 15) is 13.2 Å². The Morgan fingerprint density at radius 3 is 2.42 bits per heavy atom. The van der Waals surface area contributed by atoms with Gasteiger partial charge in [0.25, 0.3) is 5.91 Å². The molecule has 1 atom stereocenters. The summed E-state index contributed by atoms with van der Waals surface area (Å²) < 4.78 is 23.0. The van der Waals surface area contributed by atoms with Crippen molar-refractivity contribution in [2.45, 2.75) is 23.8 Å². The van der Waals surface area contributed by atoms with Crippen molar-refractivity contribution in [3.8, 4) is 0 Å². The average Bonchev–Trinajstić information content (AvgIpc) is 2.63. The van der Waals surface area contributed by atoms with E-state index in [1.54, 1.807) is 30.8 Å². The highest BCUT2D eigenvalue weighted by molar-refractivity contribution is 7.98. The second-order valence-electron chi connectivity index (χ2n) is 5.09. The first kappa shape index (κ1) is 14.4. The zero-order chi connectivity index (χ0) is 14.1. The van der Waals surface area contributed by atoms with Crippen LogP contribution in [0.1, 0.15) is 23.7 Å². The van der Waals surface area contributed by atoms with Gasteiger partial charge >= 0.3 is 0 Å². The standard InChI is InChI=1S/C13H17NO3S2/c1-13(7-8-19(16,17)9-13)14-12(15)10-3-5-11(18-2)6-4-10/h3-6H,7-9H2,1-2H3,(H,14,15). The van der Waals surface area contributed by atoms with E-state index in [1.165, 1.54) is 0 Å². The van der Waals surface area contributed by atoms with Crippen LogP contribution in [0.25, 0.3) is 0 Å². The maximum Gasteiger partial charge on any atom is 0.251 e. The van der Waals surface area contributed by atoms with Crippen molar-refractivity contribution in [1.82, 2.24) is 5.32 Å². The van der Waals surface area contributed by atoms with E-state index in [1.807, 2.05) is 18.4 Å². The summed E-state index contributed by atoms with van der Waals surface area (Å²) in [6.07, 6.45) is 2.45. The SMILES string of the molecule is CSc1ccc(C(=O)NC2(C)CCS(=O)(=O)C2)cc1. The molecule has 1 N–H and O–H groups in total. The lowest BCUT2D eigenvalue weighted by molar-refractivity contribution is 0.0915. The van der Waals surface area contributed by atoms with E-state index in [0.29, 0.717) is 12.0 Å². The maximum absolute atomic E-state index is 12.1. The monoisotopic (exact) mass is 299 g/mol. The minimum Gasteiger partial charge on any atom is -0.346 e. The number of thioether (sulfide) groups is 1. The summed E-state index contributed by atoms with van der Waals surface area (Å²) in [7, 11) is -3.01. The summed E-state index contributed by atoms with van der Waals surface area (Å²) in [5, 5.41) is 2.84. The molecule has 0 radical (unpaired) electrons. The van der Waals surface area contributed by atoms with E-state index in [0.717, 1.165) is 4.90 Å². The van der Waals surface area contributed by atoms with Crippen LogP contribution in [0.2, 0.25) is 0 Å². The molecule has 0 aliphatic carbocycles. The number of sulfone groups is 1. The van der Waals surface area contributed by atoms with Crippen molar-refractivity contribution in [3.63, 3.8) is 0 Å². The first-order valence-electron chi connectivity index (χ1n) is 6.01. The number of hydrogen-bond donors (Lipinski definition) is 1. The largest absolute Gasteiger partial charge is 0.346 e. The van der Waals surface area contributed by atoms with E-state index in [4.69, 9.17) is 0 Å². The van der Waals surface area contributed by atoms with Gasteiger partial charge in [-0.05, 0) is 43.9 Å². The average molecular weight is 299 g/mol. The Hall–Kier alpha value is -1.01. The molecule has 104 valence electrons. The molecule has 0 bridgehead atoms. The molecule has 1 unspecified atom stereocenters. The maximum atomic E-state index is 12.1. The molecule has 1 saturated heterocycles. The summed E-state index contributed by atoms with van der Waals surface area (Å²) in [5.41, 5.74) is -0.0861. The topological polar surface area (TPSA) is 63.2 Å². The molecule has 1 heterocycles. The molecule has 0 saturated carbocycles. The molecular formula is C13H17NO3S2. The molecular weight excluding hydrogens is 282 g/mol. The Balaban J connectivity index is 2.08. The normalized spacial score (nSPS) is 25.2. The fourth-order valence-electron chi connectivity index (χ4n) is 2.20. The van der Waals surface area contributed by atoms with Crippen LogP contribution in [0, 0.1) is 0 Å². The van der Waals surface area contributed by atoms with Crippen molar-refractivity contribution in [3.05, 3.63) is 29.8 Å². The molecule has 0 spiro atoms. The molecule has 2 rings (SSSR count). The highest BCUT2D eigenvalue weighted by Gasteiger charge is 2.39. The van der Waals surface area contributed by atoms with Gasteiger partial charge in [-0.3, -0.25) is 4.79 Å². The van der Waals surface area contributed by atoms with Crippen LogP contribution in [0.3, 0.4) is 0 Å². The van der Waals surface area contributed by atoms with E-state index in [-0.39, 0.29) is 17.4 Å². The first-order chi connectivity index (χ1) is 8.84. The lowest BCUT2D eigenvalue weighted by Gasteiger charge is -2.23. The second kappa shape index (κ2) is 5.17. The van der Waals surface area contributed by atoms with E-state index in [2.05, 4.69) is 5.32 Å². The number of rotatable bonds is 3. The summed E-state index contributed by atoms with van der Waals surface area (Å²) in [6.45, 7) is 1.78. The van der Waals surface area contributed by atoms with Gasteiger partial charge in [0.15, 0.2) is 9.84 Å². The molecule has 1 aromatic carbocycles. The third-order valence-electron chi connectivity index (χ3n) is 3.27. The third kappa shape index (κ3) is 3.51. The summed E-state index contributed by atoms with van der Waals surface area (Å²) >= 11 is 1.61. The Labute approximate surface area is 117 Å². The number of amides is 1. The summed E-state index contributed by atoms with van der Waals surface area (Å²) in [5.74, 6) is -0.0450. The van der Waals surface area contributed by atoms with Gasteiger partial charge in [0, 0.05) is 10.5 Å². The Morgan fingerprint density at radius 2 is 1.95 bits per heavy atom. The number of hydrogen-bond acceptors (Lipinski definition) is 4.